The first kappa shape index (κ1) is 19.8. The van der Waals surface area contributed by atoms with E-state index >= 15 is 0 Å². The van der Waals surface area contributed by atoms with Gasteiger partial charge in [0.2, 0.25) is 0 Å². The minimum absolute atomic E-state index is 0.0574. The average Bonchev–Trinajstić information content (AvgIpc) is 3.09. The van der Waals surface area contributed by atoms with Crippen LogP contribution in [0.2, 0.25) is 0 Å². The van der Waals surface area contributed by atoms with E-state index in [1.54, 1.807) is 0 Å². The van der Waals surface area contributed by atoms with Crippen LogP contribution in [0.1, 0.15) is 54.6 Å². The van der Waals surface area contributed by atoms with E-state index in [1.165, 1.54) is 17.0 Å². The molecule has 27 heavy (non-hydrogen) atoms. The number of aryl methyl sites for hydroxylation is 1. The number of aromatic nitrogens is 2. The molecule has 2 unspecified atom stereocenters. The molecule has 3 rings (SSSR count). The Bertz CT molecular complexity index is 796. The highest BCUT2D eigenvalue weighted by Crippen LogP contribution is 2.41. The molecule has 3 heterocycles. The van der Waals surface area contributed by atoms with Gasteiger partial charge in [-0.3, -0.25) is 4.98 Å². The molecular formula is C21H31N5S. The lowest BCUT2D eigenvalue weighted by Gasteiger charge is -2.29. The van der Waals surface area contributed by atoms with Crippen molar-refractivity contribution in [3.63, 3.8) is 0 Å². The summed E-state index contributed by atoms with van der Waals surface area (Å²) in [5, 5.41) is 4.36. The van der Waals surface area contributed by atoms with Crippen molar-refractivity contribution in [2.24, 2.45) is 0 Å². The number of nitrogens with one attached hydrogen (secondary N) is 1. The molecule has 0 spiro atoms. The molecular weight excluding hydrogens is 354 g/mol. The van der Waals surface area contributed by atoms with Gasteiger partial charge in [0.1, 0.15) is 0 Å². The van der Waals surface area contributed by atoms with Crippen LogP contribution in [0.3, 0.4) is 0 Å². The summed E-state index contributed by atoms with van der Waals surface area (Å²) < 4.78 is 2.41. The molecule has 2 aromatic heterocycles. The number of nitrogens with zero attached hydrogens (tertiary/aromatic N) is 4. The molecule has 1 aliphatic rings. The Balaban J connectivity index is 2.06. The van der Waals surface area contributed by atoms with Crippen molar-refractivity contribution in [3.8, 4) is 0 Å². The second-order valence-corrected chi connectivity index (χ2v) is 8.30. The van der Waals surface area contributed by atoms with Crippen LogP contribution in [0.25, 0.3) is 0 Å². The molecule has 1 aliphatic heterocycles. The summed E-state index contributed by atoms with van der Waals surface area (Å²) in [6, 6.07) is 9.06. The van der Waals surface area contributed by atoms with Crippen LogP contribution >= 0.6 is 12.2 Å². The molecule has 1 fully saturated rings. The van der Waals surface area contributed by atoms with Gasteiger partial charge in [-0.1, -0.05) is 6.07 Å². The summed E-state index contributed by atoms with van der Waals surface area (Å²) in [7, 11) is 4.20. The van der Waals surface area contributed by atoms with Gasteiger partial charge in [-0.25, -0.2) is 0 Å². The fraction of sp³-hybridized carbons (Fsp3) is 0.524. The molecule has 1 saturated heterocycles. The molecule has 6 heteroatoms. The lowest BCUT2D eigenvalue weighted by molar-refractivity contribution is 0.276. The van der Waals surface area contributed by atoms with E-state index in [4.69, 9.17) is 12.2 Å². The van der Waals surface area contributed by atoms with E-state index in [0.29, 0.717) is 6.04 Å². The normalized spacial score (nSPS) is 20.0. The average molecular weight is 386 g/mol. The molecule has 0 bridgehead atoms. The second kappa shape index (κ2) is 7.98. The molecule has 0 saturated carbocycles. The molecule has 146 valence electrons. The first-order valence-electron chi connectivity index (χ1n) is 9.62. The summed E-state index contributed by atoms with van der Waals surface area (Å²) in [5.41, 5.74) is 4.98. The number of hydrogen-bond acceptors (Lipinski definition) is 3. The van der Waals surface area contributed by atoms with Gasteiger partial charge < -0.3 is 19.7 Å². The van der Waals surface area contributed by atoms with E-state index in [9.17, 15) is 0 Å². The molecule has 2 atom stereocenters. The first-order valence-corrected chi connectivity index (χ1v) is 10.0. The highest BCUT2D eigenvalue weighted by molar-refractivity contribution is 7.80. The van der Waals surface area contributed by atoms with E-state index in [1.807, 2.05) is 18.3 Å². The third-order valence-corrected chi connectivity index (χ3v) is 5.70. The van der Waals surface area contributed by atoms with Crippen molar-refractivity contribution < 1.29 is 0 Å². The van der Waals surface area contributed by atoms with Gasteiger partial charge in [-0.2, -0.15) is 0 Å². The molecule has 2 aromatic rings. The Morgan fingerprint density at radius 1 is 1.26 bits per heavy atom. The predicted octanol–water partition coefficient (Wildman–Crippen LogP) is 3.61. The van der Waals surface area contributed by atoms with Crippen LogP contribution in [-0.2, 0) is 0 Å². The number of thiocarbonyl (C=S) groups is 1. The third kappa shape index (κ3) is 3.87. The maximum atomic E-state index is 5.74. The van der Waals surface area contributed by atoms with Gasteiger partial charge in [-0.05, 0) is 77.8 Å². The lowest BCUT2D eigenvalue weighted by atomic mass is 9.96. The standard InChI is InChI=1S/C21H31N5S/c1-14(2)26-15(3)13-17(16(26)4)20-19(18-9-7-8-10-22-18)23-21(27)25(20)12-11-24(5)6/h7-10,13-14,19-20H,11-12H2,1-6H3,(H,23,27). The molecule has 0 aromatic carbocycles. The third-order valence-electron chi connectivity index (χ3n) is 5.34. The fourth-order valence-electron chi connectivity index (χ4n) is 4.19. The van der Waals surface area contributed by atoms with Crippen LogP contribution in [-0.4, -0.2) is 51.6 Å². The van der Waals surface area contributed by atoms with Crippen LogP contribution in [0.4, 0.5) is 0 Å². The summed E-state index contributed by atoms with van der Waals surface area (Å²) >= 11 is 5.74. The van der Waals surface area contributed by atoms with Crippen LogP contribution in [0.15, 0.2) is 30.5 Å². The molecule has 1 N–H and O–H groups in total. The topological polar surface area (TPSA) is 36.3 Å². The summed E-state index contributed by atoms with van der Waals surface area (Å²) in [5.74, 6) is 0. The van der Waals surface area contributed by atoms with E-state index < -0.39 is 0 Å². The molecule has 0 aliphatic carbocycles. The zero-order valence-electron chi connectivity index (χ0n) is 17.2. The van der Waals surface area contributed by atoms with Crippen LogP contribution < -0.4 is 5.32 Å². The van der Waals surface area contributed by atoms with Crippen molar-refractivity contribution >= 4 is 17.3 Å². The zero-order chi connectivity index (χ0) is 19.7. The Morgan fingerprint density at radius 3 is 2.56 bits per heavy atom. The van der Waals surface area contributed by atoms with Crippen molar-refractivity contribution in [1.82, 2.24) is 24.7 Å². The maximum Gasteiger partial charge on any atom is 0.170 e. The van der Waals surface area contributed by atoms with Crippen molar-refractivity contribution in [1.29, 1.82) is 0 Å². The summed E-state index contributed by atoms with van der Waals surface area (Å²) in [4.78, 5) is 9.16. The Kier molecular flexibility index (Phi) is 5.86. The minimum atomic E-state index is 0.0574. The smallest absolute Gasteiger partial charge is 0.170 e. The quantitative estimate of drug-likeness (QED) is 0.769. The van der Waals surface area contributed by atoms with Gasteiger partial charge in [0.15, 0.2) is 5.11 Å². The number of rotatable bonds is 6. The van der Waals surface area contributed by atoms with Gasteiger partial charge in [-0.15, -0.1) is 0 Å². The monoisotopic (exact) mass is 385 g/mol. The van der Waals surface area contributed by atoms with Crippen molar-refractivity contribution in [2.45, 2.75) is 45.8 Å². The number of hydrogen-bond donors (Lipinski definition) is 1. The van der Waals surface area contributed by atoms with Gasteiger partial charge in [0.25, 0.3) is 0 Å². The van der Waals surface area contributed by atoms with E-state index in [-0.39, 0.29) is 12.1 Å². The van der Waals surface area contributed by atoms with Crippen LogP contribution in [0, 0.1) is 13.8 Å². The predicted molar refractivity (Wildman–Crippen MR) is 115 cm³/mol. The Hall–Kier alpha value is -1.92. The van der Waals surface area contributed by atoms with E-state index in [0.717, 1.165) is 23.9 Å². The summed E-state index contributed by atoms with van der Waals surface area (Å²) in [6.45, 7) is 10.7. The van der Waals surface area contributed by atoms with Gasteiger partial charge >= 0.3 is 0 Å². The molecule has 5 nitrogen and oxygen atoms in total. The van der Waals surface area contributed by atoms with E-state index in [2.05, 4.69) is 78.6 Å². The maximum absolute atomic E-state index is 5.74. The van der Waals surface area contributed by atoms with Crippen molar-refractivity contribution in [3.05, 3.63) is 53.1 Å². The lowest BCUT2D eigenvalue weighted by Crippen LogP contribution is -2.35. The molecule has 0 amide bonds. The van der Waals surface area contributed by atoms with Gasteiger partial charge in [0, 0.05) is 36.7 Å². The number of pyridine rings is 1. The Morgan fingerprint density at radius 2 is 2.00 bits per heavy atom. The SMILES string of the molecule is Cc1cc(C2C(c3ccccn3)NC(=S)N2CCN(C)C)c(C)n1C(C)C. The fourth-order valence-corrected chi connectivity index (χ4v) is 4.52. The van der Waals surface area contributed by atoms with Crippen molar-refractivity contribution in [2.75, 3.05) is 27.2 Å². The van der Waals surface area contributed by atoms with Crippen LogP contribution in [0.5, 0.6) is 0 Å². The summed E-state index contributed by atoms with van der Waals surface area (Å²) in [6.07, 6.45) is 1.86. The largest absolute Gasteiger partial charge is 0.352 e. The number of likely N-dealkylation sites (N-methyl/N-ethyl adjacent to an activating group) is 1. The zero-order valence-corrected chi connectivity index (χ0v) is 18.0. The highest BCUT2D eigenvalue weighted by atomic mass is 32.1. The minimum Gasteiger partial charge on any atom is -0.352 e. The second-order valence-electron chi connectivity index (χ2n) is 7.91. The highest BCUT2D eigenvalue weighted by Gasteiger charge is 2.41. The van der Waals surface area contributed by atoms with Gasteiger partial charge in [0.05, 0.1) is 17.8 Å². The molecule has 0 radical (unpaired) electrons. The first-order chi connectivity index (χ1) is 12.8. The Labute approximate surface area is 168 Å².